The van der Waals surface area contributed by atoms with E-state index in [2.05, 4.69) is 10.4 Å². The van der Waals surface area contributed by atoms with Gasteiger partial charge in [0.1, 0.15) is 6.54 Å². The Hall–Kier alpha value is -3.94. The molecule has 1 aromatic rings. The van der Waals surface area contributed by atoms with Crippen molar-refractivity contribution < 1.29 is 19.5 Å². The molecule has 2 aliphatic rings. The van der Waals surface area contributed by atoms with Crippen LogP contribution in [0.2, 0.25) is 0 Å². The normalized spacial score (nSPS) is 16.9. The van der Waals surface area contributed by atoms with E-state index in [1.165, 1.54) is 5.01 Å². The smallest absolute Gasteiger partial charge is 0.323 e. The van der Waals surface area contributed by atoms with Crippen molar-refractivity contribution in [1.29, 1.82) is 0 Å². The Morgan fingerprint density at radius 3 is 2.50 bits per heavy atom. The Balaban J connectivity index is 2.15. The minimum absolute atomic E-state index is 0.0518. The van der Waals surface area contributed by atoms with E-state index in [9.17, 15) is 19.5 Å². The molecule has 154 valence electrons. The summed E-state index contributed by atoms with van der Waals surface area (Å²) in [4.78, 5) is 38.7. The highest BCUT2D eigenvalue weighted by Gasteiger charge is 2.47. The Kier molecular flexibility index (Phi) is 5.96. The standard InChI is InChI=1S/C22H22N4O4/c1-4-6-15(7-5-12-23-3)18-19-20(25(21(18)29)13-17(27)28)24-26(22(19)30)16-10-8-14(2)9-11-16/h4-12,23H,13H2,1-3H3,(H,27,28)/b6-4-,12-5+,15-7+. The van der Waals surface area contributed by atoms with Gasteiger partial charge in [-0.2, -0.15) is 5.01 Å². The summed E-state index contributed by atoms with van der Waals surface area (Å²) in [5.41, 5.74) is 2.28. The van der Waals surface area contributed by atoms with Gasteiger partial charge in [-0.3, -0.25) is 19.3 Å². The van der Waals surface area contributed by atoms with Crippen molar-refractivity contribution >= 4 is 29.3 Å². The number of aryl methyl sites for hydroxylation is 1. The summed E-state index contributed by atoms with van der Waals surface area (Å²) in [6.07, 6.45) is 8.50. The Labute approximate surface area is 174 Å². The van der Waals surface area contributed by atoms with E-state index in [-0.39, 0.29) is 17.0 Å². The molecule has 0 unspecified atom stereocenters. The fraction of sp³-hybridized carbons (Fsp3) is 0.182. The number of hydrogen-bond acceptors (Lipinski definition) is 5. The largest absolute Gasteiger partial charge is 0.480 e. The quantitative estimate of drug-likeness (QED) is 0.676. The highest BCUT2D eigenvalue weighted by atomic mass is 16.4. The van der Waals surface area contributed by atoms with E-state index >= 15 is 0 Å². The van der Waals surface area contributed by atoms with Gasteiger partial charge in [-0.1, -0.05) is 35.9 Å². The molecule has 2 N–H and O–H groups in total. The van der Waals surface area contributed by atoms with Crippen molar-refractivity contribution in [2.75, 3.05) is 18.6 Å². The summed E-state index contributed by atoms with van der Waals surface area (Å²) in [5, 5.41) is 17.6. The number of nitrogens with zero attached hydrogens (tertiary/aromatic N) is 3. The predicted molar refractivity (Wildman–Crippen MR) is 114 cm³/mol. The summed E-state index contributed by atoms with van der Waals surface area (Å²) in [7, 11) is 1.74. The van der Waals surface area contributed by atoms with Crippen LogP contribution in [0.15, 0.2) is 76.6 Å². The molecule has 8 heteroatoms. The van der Waals surface area contributed by atoms with Gasteiger partial charge in [-0.05, 0) is 43.8 Å². The first kappa shape index (κ1) is 20.8. The lowest BCUT2D eigenvalue weighted by atomic mass is 10.00. The Bertz CT molecular complexity index is 1050. The van der Waals surface area contributed by atoms with Gasteiger partial charge in [0.15, 0.2) is 5.84 Å². The maximum atomic E-state index is 13.2. The predicted octanol–water partition coefficient (Wildman–Crippen LogP) is 2.11. The van der Waals surface area contributed by atoms with Crippen LogP contribution >= 0.6 is 0 Å². The number of aliphatic carboxylic acids is 1. The summed E-state index contributed by atoms with van der Waals surface area (Å²) in [6.45, 7) is 3.13. The molecular weight excluding hydrogens is 384 g/mol. The molecule has 3 rings (SSSR count). The average molecular weight is 406 g/mol. The van der Waals surface area contributed by atoms with Gasteiger partial charge in [0.25, 0.3) is 11.8 Å². The van der Waals surface area contributed by atoms with Crippen LogP contribution in [0.5, 0.6) is 0 Å². The number of benzene rings is 1. The molecule has 0 aromatic heterocycles. The maximum absolute atomic E-state index is 13.2. The Morgan fingerprint density at radius 2 is 1.90 bits per heavy atom. The number of amidine groups is 1. The minimum Gasteiger partial charge on any atom is -0.480 e. The first-order chi connectivity index (χ1) is 14.4. The van der Waals surface area contributed by atoms with Gasteiger partial charge in [0, 0.05) is 7.05 Å². The molecule has 0 saturated carbocycles. The van der Waals surface area contributed by atoms with Crippen LogP contribution in [0, 0.1) is 6.92 Å². The van der Waals surface area contributed by atoms with E-state index in [0.29, 0.717) is 11.3 Å². The lowest BCUT2D eigenvalue weighted by molar-refractivity contribution is -0.140. The summed E-state index contributed by atoms with van der Waals surface area (Å²) < 4.78 is 0. The van der Waals surface area contributed by atoms with E-state index in [4.69, 9.17) is 0 Å². The van der Waals surface area contributed by atoms with Crippen molar-refractivity contribution in [2.45, 2.75) is 13.8 Å². The van der Waals surface area contributed by atoms with Gasteiger partial charge >= 0.3 is 5.97 Å². The Morgan fingerprint density at radius 1 is 1.20 bits per heavy atom. The molecule has 2 amide bonds. The number of nitrogens with one attached hydrogen (secondary N) is 1. The molecular formula is C22H22N4O4. The lowest BCUT2D eigenvalue weighted by Crippen LogP contribution is -2.36. The van der Waals surface area contributed by atoms with Crippen LogP contribution in [-0.2, 0) is 14.4 Å². The van der Waals surface area contributed by atoms with Crippen molar-refractivity contribution in [3.8, 4) is 0 Å². The van der Waals surface area contributed by atoms with Crippen LogP contribution in [0.4, 0.5) is 5.69 Å². The molecule has 0 aliphatic carbocycles. The lowest BCUT2D eigenvalue weighted by Gasteiger charge is -2.16. The monoisotopic (exact) mass is 406 g/mol. The molecule has 0 atom stereocenters. The van der Waals surface area contributed by atoms with Crippen LogP contribution in [-0.4, -0.2) is 47.2 Å². The van der Waals surface area contributed by atoms with Crippen LogP contribution in [0.25, 0.3) is 0 Å². The molecule has 1 aromatic carbocycles. The second-order valence-corrected chi connectivity index (χ2v) is 6.68. The number of anilines is 1. The molecule has 0 spiro atoms. The van der Waals surface area contributed by atoms with Gasteiger partial charge in [0.05, 0.1) is 16.8 Å². The molecule has 30 heavy (non-hydrogen) atoms. The number of carbonyl (C=O) groups is 3. The van der Waals surface area contributed by atoms with Crippen molar-refractivity contribution in [2.24, 2.45) is 5.10 Å². The molecule has 2 aliphatic heterocycles. The number of hydrazone groups is 1. The minimum atomic E-state index is -1.19. The number of hydrogen-bond donors (Lipinski definition) is 2. The van der Waals surface area contributed by atoms with Crippen LogP contribution in [0.3, 0.4) is 0 Å². The second-order valence-electron chi connectivity index (χ2n) is 6.68. The van der Waals surface area contributed by atoms with Gasteiger partial charge in [0.2, 0.25) is 0 Å². The zero-order valence-corrected chi connectivity index (χ0v) is 16.9. The number of fused-ring (bicyclic) bond motifs is 1. The van der Waals surface area contributed by atoms with Crippen LogP contribution < -0.4 is 10.3 Å². The summed E-state index contributed by atoms with van der Waals surface area (Å²) in [6, 6.07) is 7.20. The van der Waals surface area contributed by atoms with Gasteiger partial charge < -0.3 is 10.4 Å². The molecule has 0 bridgehead atoms. The van der Waals surface area contributed by atoms with Crippen LogP contribution in [0.1, 0.15) is 12.5 Å². The number of rotatable bonds is 7. The molecule has 0 saturated heterocycles. The van der Waals surface area contributed by atoms with Crippen molar-refractivity contribution in [1.82, 2.24) is 10.2 Å². The highest BCUT2D eigenvalue weighted by Crippen LogP contribution is 2.35. The van der Waals surface area contributed by atoms with Crippen molar-refractivity contribution in [3.05, 3.63) is 77.1 Å². The van der Waals surface area contributed by atoms with Gasteiger partial charge in [-0.15, -0.1) is 5.10 Å². The number of allylic oxidation sites excluding steroid dienone is 4. The fourth-order valence-corrected chi connectivity index (χ4v) is 3.20. The average Bonchev–Trinajstić information content (AvgIpc) is 3.16. The number of carboxylic acids is 1. The SMILES string of the molecule is C\C=C/C(=C\C=C\NC)C1=C2C(=O)N(c3ccc(C)cc3)N=C2N(CC(=O)O)C1=O. The molecule has 2 heterocycles. The van der Waals surface area contributed by atoms with E-state index in [0.717, 1.165) is 10.5 Å². The van der Waals surface area contributed by atoms with E-state index in [1.54, 1.807) is 56.6 Å². The molecule has 0 fully saturated rings. The maximum Gasteiger partial charge on any atom is 0.323 e. The summed E-state index contributed by atoms with van der Waals surface area (Å²) in [5.74, 6) is -2.18. The third-order valence-corrected chi connectivity index (χ3v) is 4.53. The fourth-order valence-electron chi connectivity index (χ4n) is 3.20. The topological polar surface area (TPSA) is 102 Å². The molecule has 8 nitrogen and oxygen atoms in total. The summed E-state index contributed by atoms with van der Waals surface area (Å²) >= 11 is 0. The van der Waals surface area contributed by atoms with Crippen molar-refractivity contribution in [3.63, 3.8) is 0 Å². The van der Waals surface area contributed by atoms with E-state index < -0.39 is 24.3 Å². The highest BCUT2D eigenvalue weighted by molar-refractivity contribution is 6.40. The first-order valence-corrected chi connectivity index (χ1v) is 9.34. The van der Waals surface area contributed by atoms with Gasteiger partial charge in [-0.25, -0.2) is 0 Å². The number of carboxylic acid groups (broad SMARTS) is 1. The zero-order valence-electron chi connectivity index (χ0n) is 16.9. The zero-order chi connectivity index (χ0) is 21.8. The third kappa shape index (κ3) is 3.80. The number of amides is 2. The first-order valence-electron chi connectivity index (χ1n) is 9.34. The second kappa shape index (κ2) is 8.60. The third-order valence-electron chi connectivity index (χ3n) is 4.53. The van der Waals surface area contributed by atoms with E-state index in [1.807, 2.05) is 19.1 Å². The molecule has 0 radical (unpaired) electrons. The number of carbonyl (C=O) groups excluding carboxylic acids is 2.